The minimum Gasteiger partial charge on any atom is -0.493 e. The summed E-state index contributed by atoms with van der Waals surface area (Å²) in [4.78, 5) is 5.74. The summed E-state index contributed by atoms with van der Waals surface area (Å²) in [5, 5.41) is 6.91. The van der Waals surface area contributed by atoms with E-state index in [0.717, 1.165) is 27.9 Å². The number of hydrogen-bond donors (Lipinski definition) is 0. The molecule has 0 bridgehead atoms. The number of aromatic nitrogens is 1. The standard InChI is InChI=1S/C37H38N4O5S2/c1-27(2)25-46-35-18-9-28(23-36(35)44-3)24-38-41-34(31-12-10-30(11-13-31)29-7-5-4-6-8-29)26-47-37(41)39-32-14-16-33(17-15-32)48(42,43)40-19-21-45-22-20-40/h4-18,23-24,26-27H,19-22,25H2,1-3H3. The molecule has 0 N–H and O–H groups in total. The van der Waals surface area contributed by atoms with Crippen LogP contribution in [0.15, 0.2) is 117 Å². The maximum Gasteiger partial charge on any atom is 0.243 e. The molecule has 11 heteroatoms. The van der Waals surface area contributed by atoms with Crippen molar-refractivity contribution in [3.8, 4) is 33.9 Å². The lowest BCUT2D eigenvalue weighted by molar-refractivity contribution is 0.0730. The van der Waals surface area contributed by atoms with Crippen molar-refractivity contribution in [3.05, 3.63) is 113 Å². The molecule has 0 atom stereocenters. The summed E-state index contributed by atoms with van der Waals surface area (Å²) >= 11 is 1.45. The van der Waals surface area contributed by atoms with Gasteiger partial charge in [0.25, 0.3) is 0 Å². The van der Waals surface area contributed by atoms with Crippen LogP contribution in [0.2, 0.25) is 0 Å². The third kappa shape index (κ3) is 7.77. The zero-order chi connectivity index (χ0) is 33.5. The molecular weight excluding hydrogens is 645 g/mol. The summed E-state index contributed by atoms with van der Waals surface area (Å²) in [5.74, 6) is 1.70. The Balaban J connectivity index is 1.35. The van der Waals surface area contributed by atoms with E-state index in [2.05, 4.69) is 50.2 Å². The van der Waals surface area contributed by atoms with Crippen molar-refractivity contribution in [3.63, 3.8) is 0 Å². The van der Waals surface area contributed by atoms with Gasteiger partial charge >= 0.3 is 0 Å². The molecule has 0 aliphatic carbocycles. The fourth-order valence-corrected chi connectivity index (χ4v) is 7.42. The van der Waals surface area contributed by atoms with Gasteiger partial charge in [-0.1, -0.05) is 68.4 Å². The van der Waals surface area contributed by atoms with Crippen LogP contribution in [0.25, 0.3) is 22.4 Å². The second-order valence-corrected chi connectivity index (χ2v) is 14.4. The molecule has 1 fully saturated rings. The number of hydrogen-bond acceptors (Lipinski definition) is 8. The highest BCUT2D eigenvalue weighted by molar-refractivity contribution is 7.89. The molecule has 5 aromatic rings. The van der Waals surface area contributed by atoms with Gasteiger partial charge in [0, 0.05) is 24.0 Å². The van der Waals surface area contributed by atoms with Gasteiger partial charge in [-0.2, -0.15) is 9.41 Å². The number of nitrogens with zero attached hydrogens (tertiary/aromatic N) is 4. The molecule has 0 amide bonds. The predicted octanol–water partition coefficient (Wildman–Crippen LogP) is 7.06. The largest absolute Gasteiger partial charge is 0.493 e. The number of methoxy groups -OCH3 is 1. The van der Waals surface area contributed by atoms with Gasteiger partial charge in [-0.15, -0.1) is 11.3 Å². The molecule has 0 spiro atoms. The minimum atomic E-state index is -3.61. The van der Waals surface area contributed by atoms with Gasteiger partial charge in [0.2, 0.25) is 14.8 Å². The summed E-state index contributed by atoms with van der Waals surface area (Å²) < 4.78 is 46.4. The van der Waals surface area contributed by atoms with Gasteiger partial charge in [-0.05, 0) is 65.1 Å². The van der Waals surface area contributed by atoms with E-state index in [1.165, 1.54) is 15.6 Å². The lowest BCUT2D eigenvalue weighted by Crippen LogP contribution is -2.40. The lowest BCUT2D eigenvalue weighted by Gasteiger charge is -2.26. The van der Waals surface area contributed by atoms with E-state index in [0.29, 0.717) is 60.8 Å². The van der Waals surface area contributed by atoms with E-state index in [-0.39, 0.29) is 4.90 Å². The van der Waals surface area contributed by atoms with Gasteiger partial charge < -0.3 is 14.2 Å². The smallest absolute Gasteiger partial charge is 0.243 e. The van der Waals surface area contributed by atoms with Crippen molar-refractivity contribution in [2.45, 2.75) is 18.7 Å². The first-order valence-electron chi connectivity index (χ1n) is 15.8. The number of morpholine rings is 1. The van der Waals surface area contributed by atoms with Crippen LogP contribution < -0.4 is 14.3 Å². The van der Waals surface area contributed by atoms with Crippen LogP contribution in [0, 0.1) is 5.92 Å². The fourth-order valence-electron chi connectivity index (χ4n) is 5.15. The maximum absolute atomic E-state index is 13.1. The number of benzene rings is 4. The van der Waals surface area contributed by atoms with Crippen molar-refractivity contribution in [2.24, 2.45) is 16.0 Å². The predicted molar refractivity (Wildman–Crippen MR) is 191 cm³/mol. The Labute approximate surface area is 285 Å². The van der Waals surface area contributed by atoms with Crippen molar-refractivity contribution >= 4 is 33.3 Å². The van der Waals surface area contributed by atoms with Gasteiger partial charge in [-0.25, -0.2) is 18.1 Å². The summed E-state index contributed by atoms with van der Waals surface area (Å²) in [6.07, 6.45) is 1.76. The third-order valence-corrected chi connectivity index (χ3v) is 10.5. The van der Waals surface area contributed by atoms with Crippen LogP contribution in [-0.4, -0.2) is 63.6 Å². The first-order valence-corrected chi connectivity index (χ1v) is 18.1. The van der Waals surface area contributed by atoms with Crippen LogP contribution >= 0.6 is 11.3 Å². The topological polar surface area (TPSA) is 94.7 Å². The average molecular weight is 683 g/mol. The molecule has 1 aliphatic rings. The van der Waals surface area contributed by atoms with Crippen LogP contribution in [-0.2, 0) is 14.8 Å². The molecule has 1 aromatic heterocycles. The molecule has 248 valence electrons. The Kier molecular flexibility index (Phi) is 10.5. The molecule has 2 heterocycles. The SMILES string of the molecule is COc1cc(C=Nn2c(-c3ccc(-c4ccccc4)cc3)csc2=Nc2ccc(S(=O)(=O)N3CCOCC3)cc2)ccc1OCC(C)C. The Morgan fingerprint density at radius 3 is 2.25 bits per heavy atom. The van der Waals surface area contributed by atoms with Gasteiger partial charge in [0.15, 0.2) is 11.5 Å². The molecule has 0 saturated carbocycles. The summed E-state index contributed by atoms with van der Waals surface area (Å²) in [6.45, 7) is 6.27. The fraction of sp³-hybridized carbons (Fsp3) is 0.243. The van der Waals surface area contributed by atoms with Crippen LogP contribution in [0.3, 0.4) is 0 Å². The van der Waals surface area contributed by atoms with E-state index >= 15 is 0 Å². The van der Waals surface area contributed by atoms with Crippen LogP contribution in [0.4, 0.5) is 5.69 Å². The van der Waals surface area contributed by atoms with Crippen molar-refractivity contribution in [1.29, 1.82) is 0 Å². The molecule has 6 rings (SSSR count). The molecule has 0 unspecified atom stereocenters. The second-order valence-electron chi connectivity index (χ2n) is 11.6. The quantitative estimate of drug-likeness (QED) is 0.139. The minimum absolute atomic E-state index is 0.231. The van der Waals surface area contributed by atoms with E-state index < -0.39 is 10.0 Å². The van der Waals surface area contributed by atoms with Crippen molar-refractivity contribution < 1.29 is 22.6 Å². The molecule has 1 aliphatic heterocycles. The van der Waals surface area contributed by atoms with Gasteiger partial charge in [-0.3, -0.25) is 0 Å². The first kappa shape index (κ1) is 33.4. The Bertz CT molecular complexity index is 2030. The number of ether oxygens (including phenoxy) is 3. The van der Waals surface area contributed by atoms with Crippen molar-refractivity contribution in [2.75, 3.05) is 40.0 Å². The number of thiazole rings is 1. The van der Waals surface area contributed by atoms with Gasteiger partial charge in [0.1, 0.15) is 0 Å². The lowest BCUT2D eigenvalue weighted by atomic mass is 10.0. The highest BCUT2D eigenvalue weighted by Gasteiger charge is 2.26. The maximum atomic E-state index is 13.1. The van der Waals surface area contributed by atoms with Gasteiger partial charge in [0.05, 0.1) is 49.4 Å². The Hall–Kier alpha value is -4.55. The number of sulfonamides is 1. The monoisotopic (exact) mass is 682 g/mol. The highest BCUT2D eigenvalue weighted by Crippen LogP contribution is 2.29. The molecule has 4 aromatic carbocycles. The highest BCUT2D eigenvalue weighted by atomic mass is 32.2. The molecule has 1 saturated heterocycles. The summed E-state index contributed by atoms with van der Waals surface area (Å²) in [6, 6.07) is 31.0. The molecular formula is C37H38N4O5S2. The number of rotatable bonds is 11. The Morgan fingerprint density at radius 2 is 1.56 bits per heavy atom. The summed E-state index contributed by atoms with van der Waals surface area (Å²) in [5.41, 5.74) is 5.55. The van der Waals surface area contributed by atoms with Crippen LogP contribution in [0.1, 0.15) is 19.4 Å². The first-order chi connectivity index (χ1) is 23.3. The second kappa shape index (κ2) is 15.1. The normalized spacial score (nSPS) is 14.5. The van der Waals surface area contributed by atoms with Crippen LogP contribution in [0.5, 0.6) is 11.5 Å². The van der Waals surface area contributed by atoms with E-state index in [4.69, 9.17) is 24.3 Å². The van der Waals surface area contributed by atoms with E-state index in [9.17, 15) is 8.42 Å². The molecule has 9 nitrogen and oxygen atoms in total. The molecule has 48 heavy (non-hydrogen) atoms. The zero-order valence-corrected chi connectivity index (χ0v) is 28.8. The van der Waals surface area contributed by atoms with E-state index in [1.54, 1.807) is 42.3 Å². The summed E-state index contributed by atoms with van der Waals surface area (Å²) in [7, 11) is -1.98. The van der Waals surface area contributed by atoms with Crippen molar-refractivity contribution in [1.82, 2.24) is 8.98 Å². The zero-order valence-electron chi connectivity index (χ0n) is 27.2. The Morgan fingerprint density at radius 1 is 0.875 bits per heavy atom. The molecule has 0 radical (unpaired) electrons. The van der Waals surface area contributed by atoms with E-state index in [1.807, 2.05) is 41.8 Å². The average Bonchev–Trinajstić information content (AvgIpc) is 3.52. The third-order valence-electron chi connectivity index (χ3n) is 7.72.